The quantitative estimate of drug-likeness (QED) is 0.248. The number of benzene rings is 2. The van der Waals surface area contributed by atoms with Crippen LogP contribution in [0, 0.1) is 0 Å². The molecule has 32 heavy (non-hydrogen) atoms. The number of hydrogen-bond donors (Lipinski definition) is 1. The maximum atomic E-state index is 13.2. The van der Waals surface area contributed by atoms with Crippen LogP contribution in [0.1, 0.15) is 45.1 Å². The first kappa shape index (κ1) is 26.8. The number of nitrogens with one attached hydrogen (secondary N) is 1. The molecule has 2 amide bonds. The Morgan fingerprint density at radius 1 is 1.03 bits per heavy atom. The fourth-order valence-electron chi connectivity index (χ4n) is 3.19. The van der Waals surface area contributed by atoms with Gasteiger partial charge in [0.2, 0.25) is 11.8 Å². The van der Waals surface area contributed by atoms with Gasteiger partial charge in [-0.1, -0.05) is 61.1 Å². The number of unbranched alkanes of at least 4 members (excludes halogenated alkanes) is 1. The summed E-state index contributed by atoms with van der Waals surface area (Å²) in [7, 11) is 0. The summed E-state index contributed by atoms with van der Waals surface area (Å²) >= 11 is 19.9. The van der Waals surface area contributed by atoms with Crippen LogP contribution in [0.5, 0.6) is 0 Å². The largest absolute Gasteiger partial charge is 0.354 e. The third-order valence-corrected chi connectivity index (χ3v) is 6.82. The minimum atomic E-state index is -0.563. The molecule has 0 aliphatic heterocycles. The summed E-state index contributed by atoms with van der Waals surface area (Å²) in [6.45, 7) is 4.83. The van der Waals surface area contributed by atoms with Crippen molar-refractivity contribution in [2.45, 2.75) is 57.0 Å². The first-order valence-electron chi connectivity index (χ1n) is 10.7. The zero-order valence-electron chi connectivity index (χ0n) is 18.4. The molecule has 0 aliphatic carbocycles. The highest BCUT2D eigenvalue weighted by Gasteiger charge is 2.28. The third kappa shape index (κ3) is 8.51. The van der Waals surface area contributed by atoms with Crippen LogP contribution in [-0.4, -0.2) is 35.1 Å². The molecule has 2 rings (SSSR count). The van der Waals surface area contributed by atoms with Crippen molar-refractivity contribution in [3.05, 3.63) is 63.1 Å². The summed E-state index contributed by atoms with van der Waals surface area (Å²) in [6.07, 6.45) is 2.70. The van der Waals surface area contributed by atoms with Crippen molar-refractivity contribution in [3.8, 4) is 0 Å². The average molecular weight is 516 g/mol. The van der Waals surface area contributed by atoms with Gasteiger partial charge in [-0.25, -0.2) is 0 Å². The normalized spacial score (nSPS) is 11.8. The molecular weight excluding hydrogens is 487 g/mol. The second-order valence-corrected chi connectivity index (χ2v) is 9.83. The molecule has 0 unspecified atom stereocenters. The van der Waals surface area contributed by atoms with Gasteiger partial charge in [-0.05, 0) is 54.8 Å². The number of rotatable bonds is 12. The van der Waals surface area contributed by atoms with Gasteiger partial charge in [0.05, 0.1) is 0 Å². The second-order valence-electron chi connectivity index (χ2n) is 7.38. The highest BCUT2D eigenvalue weighted by Crippen LogP contribution is 2.25. The fraction of sp³-hybridized carbons (Fsp3) is 0.417. The monoisotopic (exact) mass is 514 g/mol. The minimum Gasteiger partial charge on any atom is -0.354 e. The summed E-state index contributed by atoms with van der Waals surface area (Å²) < 4.78 is 0. The molecule has 174 valence electrons. The zero-order chi connectivity index (χ0) is 23.5. The van der Waals surface area contributed by atoms with E-state index >= 15 is 0 Å². The van der Waals surface area contributed by atoms with Crippen LogP contribution in [0.2, 0.25) is 15.1 Å². The van der Waals surface area contributed by atoms with E-state index in [2.05, 4.69) is 12.2 Å². The molecule has 0 fully saturated rings. The summed E-state index contributed by atoms with van der Waals surface area (Å²) in [4.78, 5) is 28.8. The Balaban J connectivity index is 2.14. The lowest BCUT2D eigenvalue weighted by molar-refractivity contribution is -0.141. The summed E-state index contributed by atoms with van der Waals surface area (Å²) in [5.41, 5.74) is 0.759. The van der Waals surface area contributed by atoms with Crippen LogP contribution in [0.4, 0.5) is 0 Å². The topological polar surface area (TPSA) is 49.4 Å². The van der Waals surface area contributed by atoms with E-state index in [1.54, 1.807) is 34.9 Å². The second kappa shape index (κ2) is 14.0. The molecule has 1 atom stereocenters. The Kier molecular flexibility index (Phi) is 11.7. The molecule has 0 spiro atoms. The summed E-state index contributed by atoms with van der Waals surface area (Å²) in [5.74, 6) is 0.374. The van der Waals surface area contributed by atoms with Crippen molar-refractivity contribution < 1.29 is 9.59 Å². The van der Waals surface area contributed by atoms with E-state index in [9.17, 15) is 9.59 Å². The molecule has 0 aromatic heterocycles. The first-order chi connectivity index (χ1) is 15.3. The van der Waals surface area contributed by atoms with Gasteiger partial charge in [0.1, 0.15) is 6.04 Å². The number of hydrogen-bond acceptors (Lipinski definition) is 3. The van der Waals surface area contributed by atoms with Gasteiger partial charge in [-0.15, -0.1) is 11.8 Å². The number of nitrogens with zero attached hydrogens (tertiary/aromatic N) is 1. The molecule has 0 radical (unpaired) electrons. The molecule has 8 heteroatoms. The number of halogens is 3. The maximum Gasteiger partial charge on any atom is 0.242 e. The van der Waals surface area contributed by atoms with Gasteiger partial charge in [0.25, 0.3) is 0 Å². The molecule has 0 heterocycles. The predicted molar refractivity (Wildman–Crippen MR) is 136 cm³/mol. The lowest BCUT2D eigenvalue weighted by Gasteiger charge is -2.31. The van der Waals surface area contributed by atoms with Crippen LogP contribution in [0.3, 0.4) is 0 Å². The number of amides is 2. The molecule has 0 saturated heterocycles. The molecule has 0 saturated carbocycles. The Hall–Kier alpha value is -1.40. The van der Waals surface area contributed by atoms with Gasteiger partial charge in [-0.3, -0.25) is 9.59 Å². The Bertz CT molecular complexity index is 893. The van der Waals surface area contributed by atoms with Gasteiger partial charge in [-0.2, -0.15) is 0 Å². The maximum absolute atomic E-state index is 13.2. The molecule has 0 aliphatic rings. The van der Waals surface area contributed by atoms with E-state index in [4.69, 9.17) is 34.8 Å². The standard InChI is InChI=1S/C24H29Cl3N2O2S/c1-3-5-13-28-24(31)22(4-2)29(16-17-6-7-19(26)15-21(17)27)23(30)12-14-32-20-10-8-18(25)9-11-20/h6-11,15,22H,3-5,12-14,16H2,1-2H3,(H,28,31)/t22-/m0/s1. The van der Waals surface area contributed by atoms with E-state index in [1.807, 2.05) is 31.2 Å². The van der Waals surface area contributed by atoms with Crippen LogP contribution in [0.15, 0.2) is 47.4 Å². The van der Waals surface area contributed by atoms with Crippen molar-refractivity contribution in [2.24, 2.45) is 0 Å². The van der Waals surface area contributed by atoms with E-state index in [-0.39, 0.29) is 18.4 Å². The van der Waals surface area contributed by atoms with Crippen LogP contribution < -0.4 is 5.32 Å². The third-order valence-electron chi connectivity index (χ3n) is 4.97. The fourth-order valence-corrected chi connectivity index (χ4v) is 4.62. The highest BCUT2D eigenvalue weighted by molar-refractivity contribution is 7.99. The van der Waals surface area contributed by atoms with Crippen molar-refractivity contribution in [3.63, 3.8) is 0 Å². The Morgan fingerprint density at radius 3 is 2.34 bits per heavy atom. The van der Waals surface area contributed by atoms with Crippen LogP contribution in [-0.2, 0) is 16.1 Å². The average Bonchev–Trinajstić information content (AvgIpc) is 2.76. The SMILES string of the molecule is CCCCNC(=O)[C@H](CC)N(Cc1ccc(Cl)cc1Cl)C(=O)CCSc1ccc(Cl)cc1. The van der Waals surface area contributed by atoms with E-state index in [0.717, 1.165) is 23.3 Å². The van der Waals surface area contributed by atoms with Crippen molar-refractivity contribution in [1.29, 1.82) is 0 Å². The van der Waals surface area contributed by atoms with E-state index in [0.29, 0.717) is 40.2 Å². The van der Waals surface area contributed by atoms with Crippen molar-refractivity contribution in [1.82, 2.24) is 10.2 Å². The summed E-state index contributed by atoms with van der Waals surface area (Å²) in [6, 6.07) is 12.1. The zero-order valence-corrected chi connectivity index (χ0v) is 21.5. The van der Waals surface area contributed by atoms with Crippen molar-refractivity contribution in [2.75, 3.05) is 12.3 Å². The molecule has 2 aromatic rings. The van der Waals surface area contributed by atoms with Gasteiger partial charge >= 0.3 is 0 Å². The molecular formula is C24H29Cl3N2O2S. The lowest BCUT2D eigenvalue weighted by Crippen LogP contribution is -2.49. The molecule has 0 bridgehead atoms. The predicted octanol–water partition coefficient (Wildman–Crippen LogP) is 6.85. The molecule has 2 aromatic carbocycles. The minimum absolute atomic E-state index is 0.0880. The number of carbonyl (C=O) groups excluding carboxylic acids is 2. The molecule has 4 nitrogen and oxygen atoms in total. The lowest BCUT2D eigenvalue weighted by atomic mass is 10.1. The Labute approximate surface area is 210 Å². The van der Waals surface area contributed by atoms with Crippen molar-refractivity contribution >= 4 is 58.4 Å². The Morgan fingerprint density at radius 2 is 1.72 bits per heavy atom. The highest BCUT2D eigenvalue weighted by atomic mass is 35.5. The van der Waals surface area contributed by atoms with Crippen LogP contribution in [0.25, 0.3) is 0 Å². The van der Waals surface area contributed by atoms with Crippen LogP contribution >= 0.6 is 46.6 Å². The van der Waals surface area contributed by atoms with E-state index < -0.39 is 6.04 Å². The summed E-state index contributed by atoms with van der Waals surface area (Å²) in [5, 5.41) is 4.65. The smallest absolute Gasteiger partial charge is 0.242 e. The van der Waals surface area contributed by atoms with E-state index in [1.165, 1.54) is 0 Å². The number of thioether (sulfide) groups is 1. The number of carbonyl (C=O) groups is 2. The van der Waals surface area contributed by atoms with Gasteiger partial charge in [0.15, 0.2) is 0 Å². The van der Waals surface area contributed by atoms with Gasteiger partial charge in [0, 0.05) is 45.2 Å². The first-order valence-corrected chi connectivity index (χ1v) is 12.9. The molecule has 1 N–H and O–H groups in total. The van der Waals surface area contributed by atoms with Gasteiger partial charge < -0.3 is 10.2 Å².